The highest BCUT2D eigenvalue weighted by atomic mass is 15.1. The van der Waals surface area contributed by atoms with Crippen molar-refractivity contribution in [3.05, 3.63) is 12.3 Å². The van der Waals surface area contributed by atoms with Crippen molar-refractivity contribution >= 4 is 11.8 Å². The smallest absolute Gasteiger partial charge is 0.224 e. The number of nitrogens with zero attached hydrogens (tertiary/aromatic N) is 2. The number of nitrogens with one attached hydrogen (secondary N) is 2. The van der Waals surface area contributed by atoms with Gasteiger partial charge in [0.05, 0.1) is 0 Å². The topological polar surface area (TPSA) is 49.8 Å². The number of aromatic nitrogens is 2. The minimum absolute atomic E-state index is 0.726. The number of rotatable bonds is 7. The second kappa shape index (κ2) is 7.97. The summed E-state index contributed by atoms with van der Waals surface area (Å²) in [7, 11) is 0. The second-order valence-electron chi connectivity index (χ2n) is 5.41. The zero-order valence-electron chi connectivity index (χ0n) is 12.0. The van der Waals surface area contributed by atoms with Crippen LogP contribution >= 0.6 is 0 Å². The van der Waals surface area contributed by atoms with Crippen LogP contribution < -0.4 is 10.6 Å². The van der Waals surface area contributed by atoms with Crippen molar-refractivity contribution in [2.45, 2.75) is 51.9 Å². The van der Waals surface area contributed by atoms with Gasteiger partial charge in [-0.1, -0.05) is 39.0 Å². The largest absolute Gasteiger partial charge is 0.370 e. The first-order valence-electron chi connectivity index (χ1n) is 7.69. The van der Waals surface area contributed by atoms with Crippen molar-refractivity contribution in [2.75, 3.05) is 23.7 Å². The van der Waals surface area contributed by atoms with E-state index in [4.69, 9.17) is 0 Å². The average Bonchev–Trinajstić information content (AvgIpc) is 2.47. The maximum absolute atomic E-state index is 4.46. The molecule has 19 heavy (non-hydrogen) atoms. The Morgan fingerprint density at radius 1 is 1.16 bits per heavy atom. The Morgan fingerprint density at radius 2 is 2.00 bits per heavy atom. The SMILES string of the molecule is CCCNc1nccc(NCCC2CCCCC2)n1. The van der Waals surface area contributed by atoms with Gasteiger partial charge in [-0.25, -0.2) is 4.98 Å². The molecule has 0 atom stereocenters. The molecule has 0 spiro atoms. The Morgan fingerprint density at radius 3 is 2.79 bits per heavy atom. The van der Waals surface area contributed by atoms with Gasteiger partial charge < -0.3 is 10.6 Å². The first kappa shape index (κ1) is 14.1. The Kier molecular flexibility index (Phi) is 5.92. The Labute approximate surface area is 116 Å². The van der Waals surface area contributed by atoms with E-state index in [0.29, 0.717) is 0 Å². The van der Waals surface area contributed by atoms with E-state index in [1.54, 1.807) is 0 Å². The van der Waals surface area contributed by atoms with Crippen LogP contribution in [0.15, 0.2) is 12.3 Å². The fourth-order valence-corrected chi connectivity index (χ4v) is 2.66. The molecule has 1 fully saturated rings. The maximum atomic E-state index is 4.46. The van der Waals surface area contributed by atoms with E-state index >= 15 is 0 Å². The maximum Gasteiger partial charge on any atom is 0.224 e. The summed E-state index contributed by atoms with van der Waals surface area (Å²) in [6.07, 6.45) is 11.3. The van der Waals surface area contributed by atoms with Crippen LogP contribution in [0.3, 0.4) is 0 Å². The van der Waals surface area contributed by atoms with E-state index in [2.05, 4.69) is 27.5 Å². The third-order valence-electron chi connectivity index (χ3n) is 3.77. The average molecular weight is 262 g/mol. The van der Waals surface area contributed by atoms with Crippen LogP contribution in [0.5, 0.6) is 0 Å². The van der Waals surface area contributed by atoms with Gasteiger partial charge in [0.1, 0.15) is 5.82 Å². The van der Waals surface area contributed by atoms with Crippen molar-refractivity contribution < 1.29 is 0 Å². The summed E-state index contributed by atoms with van der Waals surface area (Å²) in [5.41, 5.74) is 0. The molecule has 0 aromatic carbocycles. The van der Waals surface area contributed by atoms with Crippen LogP contribution in [0, 0.1) is 5.92 Å². The predicted octanol–water partition coefficient (Wildman–Crippen LogP) is 3.68. The third-order valence-corrected chi connectivity index (χ3v) is 3.77. The molecule has 0 aliphatic heterocycles. The van der Waals surface area contributed by atoms with E-state index in [0.717, 1.165) is 37.2 Å². The Hall–Kier alpha value is -1.32. The van der Waals surface area contributed by atoms with Gasteiger partial charge in [0.25, 0.3) is 0 Å². The van der Waals surface area contributed by atoms with E-state index in [9.17, 15) is 0 Å². The molecular weight excluding hydrogens is 236 g/mol. The number of anilines is 2. The van der Waals surface area contributed by atoms with Crippen molar-refractivity contribution in [3.63, 3.8) is 0 Å². The van der Waals surface area contributed by atoms with Crippen molar-refractivity contribution in [2.24, 2.45) is 5.92 Å². The standard InChI is InChI=1S/C15H26N4/c1-2-10-17-15-18-12-9-14(19-15)16-11-8-13-6-4-3-5-7-13/h9,12-13H,2-8,10-11H2,1H3,(H2,16,17,18,19). The van der Waals surface area contributed by atoms with Crippen molar-refractivity contribution in [3.8, 4) is 0 Å². The van der Waals surface area contributed by atoms with Crippen LogP contribution in [0.1, 0.15) is 51.9 Å². The first-order chi connectivity index (χ1) is 9.38. The van der Waals surface area contributed by atoms with Crippen LogP contribution in [-0.2, 0) is 0 Å². The molecule has 1 aliphatic rings. The van der Waals surface area contributed by atoms with Gasteiger partial charge in [0.2, 0.25) is 5.95 Å². The fraction of sp³-hybridized carbons (Fsp3) is 0.733. The highest BCUT2D eigenvalue weighted by molar-refractivity contribution is 5.39. The van der Waals surface area contributed by atoms with E-state index in [-0.39, 0.29) is 0 Å². The van der Waals surface area contributed by atoms with Gasteiger partial charge in [-0.15, -0.1) is 0 Å². The van der Waals surface area contributed by atoms with E-state index in [1.165, 1.54) is 38.5 Å². The molecule has 4 heteroatoms. The van der Waals surface area contributed by atoms with Gasteiger partial charge in [-0.05, 0) is 24.8 Å². The molecular formula is C15H26N4. The minimum atomic E-state index is 0.726. The lowest BCUT2D eigenvalue weighted by molar-refractivity contribution is 0.345. The molecule has 1 saturated carbocycles. The van der Waals surface area contributed by atoms with Crippen molar-refractivity contribution in [1.29, 1.82) is 0 Å². The summed E-state index contributed by atoms with van der Waals surface area (Å²) in [6, 6.07) is 1.94. The molecule has 0 amide bonds. The zero-order chi connectivity index (χ0) is 13.3. The summed E-state index contributed by atoms with van der Waals surface area (Å²) in [4.78, 5) is 8.67. The molecule has 0 saturated heterocycles. The summed E-state index contributed by atoms with van der Waals surface area (Å²) in [5, 5.41) is 6.63. The molecule has 106 valence electrons. The molecule has 0 radical (unpaired) electrons. The van der Waals surface area contributed by atoms with Crippen molar-refractivity contribution in [1.82, 2.24) is 9.97 Å². The summed E-state index contributed by atoms with van der Waals surface area (Å²) in [6.45, 7) is 4.08. The lowest BCUT2D eigenvalue weighted by atomic mass is 9.87. The molecule has 1 aromatic rings. The van der Waals surface area contributed by atoms with Crippen LogP contribution in [0.2, 0.25) is 0 Å². The normalized spacial score (nSPS) is 16.3. The summed E-state index contributed by atoms with van der Waals surface area (Å²) < 4.78 is 0. The molecule has 2 rings (SSSR count). The van der Waals surface area contributed by atoms with Gasteiger partial charge >= 0.3 is 0 Å². The monoisotopic (exact) mass is 262 g/mol. The van der Waals surface area contributed by atoms with Crippen LogP contribution in [0.4, 0.5) is 11.8 Å². The molecule has 1 heterocycles. The van der Waals surface area contributed by atoms with Crippen LogP contribution in [0.25, 0.3) is 0 Å². The Balaban J connectivity index is 1.72. The number of hydrogen-bond acceptors (Lipinski definition) is 4. The zero-order valence-corrected chi connectivity index (χ0v) is 12.0. The molecule has 0 bridgehead atoms. The van der Waals surface area contributed by atoms with Gasteiger partial charge in [0.15, 0.2) is 0 Å². The molecule has 1 aliphatic carbocycles. The lowest BCUT2D eigenvalue weighted by Gasteiger charge is -2.21. The van der Waals surface area contributed by atoms with E-state index < -0.39 is 0 Å². The van der Waals surface area contributed by atoms with Gasteiger partial charge in [-0.2, -0.15) is 4.98 Å². The summed E-state index contributed by atoms with van der Waals surface area (Å²) in [5.74, 6) is 2.58. The molecule has 4 nitrogen and oxygen atoms in total. The highest BCUT2D eigenvalue weighted by Crippen LogP contribution is 2.26. The van der Waals surface area contributed by atoms with E-state index in [1.807, 2.05) is 12.3 Å². The highest BCUT2D eigenvalue weighted by Gasteiger charge is 2.12. The third kappa shape index (κ3) is 5.05. The van der Waals surface area contributed by atoms with Gasteiger partial charge in [-0.3, -0.25) is 0 Å². The lowest BCUT2D eigenvalue weighted by Crippen LogP contribution is -2.13. The molecule has 1 aromatic heterocycles. The first-order valence-corrected chi connectivity index (χ1v) is 7.69. The number of hydrogen-bond donors (Lipinski definition) is 2. The van der Waals surface area contributed by atoms with Gasteiger partial charge in [0, 0.05) is 19.3 Å². The molecule has 2 N–H and O–H groups in total. The summed E-state index contributed by atoms with van der Waals surface area (Å²) >= 11 is 0. The predicted molar refractivity (Wildman–Crippen MR) is 80.5 cm³/mol. The second-order valence-corrected chi connectivity index (χ2v) is 5.41. The quantitative estimate of drug-likeness (QED) is 0.787. The molecule has 0 unspecified atom stereocenters. The minimum Gasteiger partial charge on any atom is -0.370 e. The van der Waals surface area contributed by atoms with Crippen LogP contribution in [-0.4, -0.2) is 23.1 Å². The fourth-order valence-electron chi connectivity index (χ4n) is 2.66. The Bertz CT molecular complexity index is 361.